The third-order valence-corrected chi connectivity index (χ3v) is 7.35. The van der Waals surface area contributed by atoms with Gasteiger partial charge in [0.1, 0.15) is 12.1 Å². The Hall–Kier alpha value is -4.98. The summed E-state index contributed by atoms with van der Waals surface area (Å²) in [4.78, 5) is 39.5. The number of carbonyl (C=O) groups is 2. The Morgan fingerprint density at radius 2 is 1.18 bits per heavy atom. The molecule has 4 heterocycles. The number of pyridine rings is 4. The molecule has 0 aliphatic heterocycles. The molecule has 4 aromatic heterocycles. The van der Waals surface area contributed by atoms with Crippen molar-refractivity contribution < 1.29 is 54.5 Å². The standard InChI is InChI=1S/C18H12ClN3O2.C17H10ClN3O2.CH4.Na.H2O/c1-24-18(23)12-2-3-21-16(8-12)6-11-4-13-7-15(19)10-22-17(13)14(5-11)9-20;18-14-6-12-3-10(4-13(8-19)16(12)21-9-14)5-15-7-11(17(22)23)1-2-20-15;;;/h2-5,7-8,10H,6H2,1H3;1-4,6-7,9H,5H2,(H,22,23);1H4;;1H2/q;;;+1;/p-1. The fourth-order valence-electron chi connectivity index (χ4n) is 4.89. The maximum atomic E-state index is 11.6. The first kappa shape index (κ1) is 41.2. The summed E-state index contributed by atoms with van der Waals surface area (Å²) in [7, 11) is 1.34. The van der Waals surface area contributed by atoms with E-state index in [0.29, 0.717) is 62.0 Å². The number of hydrogen-bond donors (Lipinski definition) is 1. The van der Waals surface area contributed by atoms with Gasteiger partial charge < -0.3 is 15.3 Å². The summed E-state index contributed by atoms with van der Waals surface area (Å²) in [5.41, 5.74) is 5.79. The number of benzene rings is 2. The van der Waals surface area contributed by atoms with Crippen LogP contribution in [0, 0.1) is 22.7 Å². The maximum Gasteiger partial charge on any atom is 1.00 e. The molecule has 6 aromatic rings. The third kappa shape index (κ3) is 10.0. The zero-order chi connectivity index (χ0) is 33.5. The van der Waals surface area contributed by atoms with Crippen molar-refractivity contribution in [2.24, 2.45) is 0 Å². The molecule has 14 heteroatoms. The molecule has 0 atom stereocenters. The zero-order valence-electron chi connectivity index (χ0n) is 26.1. The number of fused-ring (bicyclic) bond motifs is 2. The second-order valence-electron chi connectivity index (χ2n) is 10.2. The molecule has 0 amide bonds. The molecule has 2 N–H and O–H groups in total. The summed E-state index contributed by atoms with van der Waals surface area (Å²) in [5, 5.41) is 30.2. The van der Waals surface area contributed by atoms with Crippen molar-refractivity contribution in [3.63, 3.8) is 0 Å². The molecule has 0 saturated carbocycles. The van der Waals surface area contributed by atoms with Crippen LogP contribution in [0.3, 0.4) is 0 Å². The summed E-state index contributed by atoms with van der Waals surface area (Å²) >= 11 is 11.9. The minimum atomic E-state index is -0.999. The van der Waals surface area contributed by atoms with Crippen molar-refractivity contribution in [1.29, 1.82) is 10.5 Å². The van der Waals surface area contributed by atoms with Gasteiger partial charge in [0.2, 0.25) is 0 Å². The number of nitrogens with zero attached hydrogens (tertiary/aromatic N) is 6. The van der Waals surface area contributed by atoms with Crippen LogP contribution in [0.5, 0.6) is 0 Å². The summed E-state index contributed by atoms with van der Waals surface area (Å²) < 4.78 is 4.72. The van der Waals surface area contributed by atoms with Gasteiger partial charge in [-0.1, -0.05) is 30.6 Å². The molecule has 0 spiro atoms. The minimum Gasteiger partial charge on any atom is -0.870 e. The van der Waals surface area contributed by atoms with Crippen LogP contribution < -0.4 is 29.6 Å². The second kappa shape index (κ2) is 18.7. The van der Waals surface area contributed by atoms with Gasteiger partial charge >= 0.3 is 41.5 Å². The van der Waals surface area contributed by atoms with Crippen LogP contribution in [-0.4, -0.2) is 49.6 Å². The van der Waals surface area contributed by atoms with Crippen LogP contribution in [-0.2, 0) is 17.6 Å². The SMILES string of the molecule is C.COC(=O)c1ccnc(Cc2cc(C#N)c3ncc(Cl)cc3c2)c1.N#Cc1cc(Cc2cc(C(=O)O)ccn2)cc2cc(Cl)cnc12.[Na+].[OH-]. The predicted octanol–water partition coefficient (Wildman–Crippen LogP) is 4.44. The number of esters is 1. The Kier molecular flexibility index (Phi) is 15.4. The van der Waals surface area contributed by atoms with Gasteiger partial charge in [-0.15, -0.1) is 0 Å². The quantitative estimate of drug-likeness (QED) is 0.189. The number of ether oxygens (including phenoxy) is 1. The number of carboxylic acids is 1. The number of aromatic carboxylic acids is 1. The molecule has 0 unspecified atom stereocenters. The van der Waals surface area contributed by atoms with Crippen LogP contribution in [0.4, 0.5) is 0 Å². The average molecular weight is 718 g/mol. The Balaban J connectivity index is 0.000000327. The number of aromatic nitrogens is 4. The Labute approximate surface area is 319 Å². The number of carboxylic acid groups (broad SMARTS) is 1. The van der Waals surface area contributed by atoms with Gasteiger partial charge in [-0.3, -0.25) is 19.9 Å². The number of carbonyl (C=O) groups excluding carboxylic acids is 1. The molecule has 0 radical (unpaired) electrons. The fraction of sp³-hybridized carbons (Fsp3) is 0.111. The van der Waals surface area contributed by atoms with E-state index in [9.17, 15) is 20.1 Å². The first-order chi connectivity index (χ1) is 22.7. The van der Waals surface area contributed by atoms with E-state index < -0.39 is 11.9 Å². The molecule has 2 aromatic carbocycles. The van der Waals surface area contributed by atoms with Gasteiger partial charge in [0, 0.05) is 59.8 Å². The molecule has 50 heavy (non-hydrogen) atoms. The monoisotopic (exact) mass is 716 g/mol. The third-order valence-electron chi connectivity index (χ3n) is 6.93. The van der Waals surface area contributed by atoms with E-state index >= 15 is 0 Å². The number of nitriles is 2. The normalized spacial score (nSPS) is 9.78. The molecule has 246 valence electrons. The van der Waals surface area contributed by atoms with E-state index in [4.69, 9.17) is 33.0 Å². The van der Waals surface area contributed by atoms with Crippen molar-refractivity contribution in [2.75, 3.05) is 7.11 Å². The molecular formula is C36H27Cl2N6NaO5. The van der Waals surface area contributed by atoms with Crippen molar-refractivity contribution >= 4 is 56.9 Å². The van der Waals surface area contributed by atoms with Crippen LogP contribution in [0.15, 0.2) is 85.5 Å². The second-order valence-corrected chi connectivity index (χ2v) is 11.1. The van der Waals surface area contributed by atoms with E-state index in [1.165, 1.54) is 37.8 Å². The zero-order valence-corrected chi connectivity index (χ0v) is 29.6. The van der Waals surface area contributed by atoms with E-state index in [1.807, 2.05) is 12.1 Å². The fourth-order valence-corrected chi connectivity index (χ4v) is 5.22. The van der Waals surface area contributed by atoms with Gasteiger partial charge in [-0.25, -0.2) is 9.59 Å². The Morgan fingerprint density at radius 3 is 1.60 bits per heavy atom. The van der Waals surface area contributed by atoms with E-state index in [0.717, 1.165) is 21.9 Å². The summed E-state index contributed by atoms with van der Waals surface area (Å²) in [5.74, 6) is -1.41. The molecule has 0 aliphatic rings. The van der Waals surface area contributed by atoms with Gasteiger partial charge in [-0.2, -0.15) is 10.5 Å². The average Bonchev–Trinajstić information content (AvgIpc) is 3.07. The largest absolute Gasteiger partial charge is 1.00 e. The molecule has 0 bridgehead atoms. The van der Waals surface area contributed by atoms with E-state index in [1.54, 1.807) is 42.6 Å². The first-order valence-electron chi connectivity index (χ1n) is 13.9. The summed E-state index contributed by atoms with van der Waals surface area (Å²) in [6.07, 6.45) is 6.93. The maximum absolute atomic E-state index is 11.6. The molecular weight excluding hydrogens is 690 g/mol. The smallest absolute Gasteiger partial charge is 0.870 e. The topological polar surface area (TPSA) is 193 Å². The van der Waals surface area contributed by atoms with Crippen molar-refractivity contribution in [3.05, 3.63) is 140 Å². The van der Waals surface area contributed by atoms with Crippen LogP contribution in [0.25, 0.3) is 21.8 Å². The van der Waals surface area contributed by atoms with Crippen molar-refractivity contribution in [3.8, 4) is 12.1 Å². The van der Waals surface area contributed by atoms with Crippen molar-refractivity contribution in [2.45, 2.75) is 20.3 Å². The Bertz CT molecular complexity index is 2270. The van der Waals surface area contributed by atoms with Crippen LogP contribution in [0.1, 0.15) is 61.8 Å². The number of hydrogen-bond acceptors (Lipinski definition) is 10. The number of halogens is 2. The molecule has 0 saturated heterocycles. The first-order valence-corrected chi connectivity index (χ1v) is 14.6. The molecule has 0 aliphatic carbocycles. The van der Waals surface area contributed by atoms with E-state index in [-0.39, 0.29) is 48.0 Å². The molecule has 11 nitrogen and oxygen atoms in total. The van der Waals surface area contributed by atoms with Crippen LogP contribution >= 0.6 is 23.2 Å². The van der Waals surface area contributed by atoms with Gasteiger partial charge in [0.05, 0.1) is 50.4 Å². The van der Waals surface area contributed by atoms with Gasteiger partial charge in [0.25, 0.3) is 0 Å². The predicted molar refractivity (Wildman–Crippen MR) is 184 cm³/mol. The van der Waals surface area contributed by atoms with E-state index in [2.05, 4.69) is 32.1 Å². The molecule has 6 rings (SSSR count). The summed E-state index contributed by atoms with van der Waals surface area (Å²) in [6.45, 7) is 0. The number of rotatable bonds is 6. The molecule has 0 fully saturated rings. The minimum absolute atomic E-state index is 0. The van der Waals surface area contributed by atoms with Crippen LogP contribution in [0.2, 0.25) is 10.0 Å². The van der Waals surface area contributed by atoms with Gasteiger partial charge in [-0.05, 0) is 71.8 Å². The number of methoxy groups -OCH3 is 1. The van der Waals surface area contributed by atoms with Crippen molar-refractivity contribution in [1.82, 2.24) is 19.9 Å². The van der Waals surface area contributed by atoms with Gasteiger partial charge in [0.15, 0.2) is 0 Å². The summed E-state index contributed by atoms with van der Waals surface area (Å²) in [6, 6.07) is 21.3. The Morgan fingerprint density at radius 1 is 0.740 bits per heavy atom.